The summed E-state index contributed by atoms with van der Waals surface area (Å²) < 4.78 is 1.85. The number of fused-ring (bicyclic) bond motifs is 2. The molecule has 1 aromatic heterocycles. The molecule has 0 aliphatic carbocycles. The summed E-state index contributed by atoms with van der Waals surface area (Å²) >= 11 is 1.87. The summed E-state index contributed by atoms with van der Waals surface area (Å²) in [6.07, 6.45) is 2.44. The highest BCUT2D eigenvalue weighted by atomic mass is 32.2. The van der Waals surface area contributed by atoms with Gasteiger partial charge in [0.25, 0.3) is 5.56 Å². The lowest BCUT2D eigenvalue weighted by atomic mass is 10.1. The van der Waals surface area contributed by atoms with Crippen molar-refractivity contribution >= 4 is 22.8 Å². The SMILES string of the molecule is O=c1cnc2ccccc2n1CC1Cc2ccccc2S1. The monoisotopic (exact) mass is 294 g/mol. The van der Waals surface area contributed by atoms with Crippen LogP contribution in [-0.2, 0) is 13.0 Å². The second-order valence-corrected chi connectivity index (χ2v) is 6.59. The molecule has 1 aliphatic heterocycles. The Kier molecular flexibility index (Phi) is 3.04. The molecular weight excluding hydrogens is 280 g/mol. The second kappa shape index (κ2) is 5.04. The van der Waals surface area contributed by atoms with Crippen LogP contribution in [0.4, 0.5) is 0 Å². The van der Waals surface area contributed by atoms with Gasteiger partial charge in [-0.1, -0.05) is 30.3 Å². The first-order valence-corrected chi connectivity index (χ1v) is 7.88. The molecule has 1 aliphatic rings. The number of para-hydroxylation sites is 2. The summed E-state index contributed by atoms with van der Waals surface area (Å²) in [7, 11) is 0. The molecule has 4 rings (SSSR count). The van der Waals surface area contributed by atoms with Crippen molar-refractivity contribution in [3.8, 4) is 0 Å². The molecule has 2 heterocycles. The highest BCUT2D eigenvalue weighted by Gasteiger charge is 2.22. The third-order valence-corrected chi connectivity index (χ3v) is 5.15. The average molecular weight is 294 g/mol. The van der Waals surface area contributed by atoms with Gasteiger partial charge in [0, 0.05) is 16.7 Å². The highest BCUT2D eigenvalue weighted by molar-refractivity contribution is 8.00. The van der Waals surface area contributed by atoms with Crippen LogP contribution < -0.4 is 5.56 Å². The fourth-order valence-electron chi connectivity index (χ4n) is 2.86. The first-order valence-electron chi connectivity index (χ1n) is 7.00. The van der Waals surface area contributed by atoms with Gasteiger partial charge in [0.15, 0.2) is 0 Å². The molecule has 2 aromatic carbocycles. The van der Waals surface area contributed by atoms with E-state index in [1.807, 2.05) is 40.6 Å². The third kappa shape index (κ3) is 2.25. The van der Waals surface area contributed by atoms with Crippen molar-refractivity contribution in [1.82, 2.24) is 9.55 Å². The zero-order valence-electron chi connectivity index (χ0n) is 11.4. The lowest BCUT2D eigenvalue weighted by Gasteiger charge is -2.13. The molecule has 1 unspecified atom stereocenters. The van der Waals surface area contributed by atoms with Crippen molar-refractivity contribution in [2.45, 2.75) is 23.1 Å². The van der Waals surface area contributed by atoms with E-state index >= 15 is 0 Å². The Morgan fingerprint density at radius 2 is 1.95 bits per heavy atom. The average Bonchev–Trinajstić information content (AvgIpc) is 2.92. The van der Waals surface area contributed by atoms with Gasteiger partial charge in [-0.3, -0.25) is 4.79 Å². The Balaban J connectivity index is 1.70. The van der Waals surface area contributed by atoms with Crippen LogP contribution in [0.3, 0.4) is 0 Å². The first-order chi connectivity index (χ1) is 10.3. The van der Waals surface area contributed by atoms with E-state index < -0.39 is 0 Å². The summed E-state index contributed by atoms with van der Waals surface area (Å²) in [5, 5.41) is 0.408. The van der Waals surface area contributed by atoms with E-state index in [0.29, 0.717) is 5.25 Å². The minimum atomic E-state index is -0.0229. The highest BCUT2D eigenvalue weighted by Crippen LogP contribution is 2.37. The Morgan fingerprint density at radius 1 is 1.14 bits per heavy atom. The molecule has 3 nitrogen and oxygen atoms in total. The molecule has 104 valence electrons. The van der Waals surface area contributed by atoms with Crippen LogP contribution >= 0.6 is 11.8 Å². The van der Waals surface area contributed by atoms with Crippen molar-refractivity contribution in [3.63, 3.8) is 0 Å². The van der Waals surface area contributed by atoms with Crippen molar-refractivity contribution in [1.29, 1.82) is 0 Å². The number of thioether (sulfide) groups is 1. The van der Waals surface area contributed by atoms with Crippen LogP contribution in [0.1, 0.15) is 5.56 Å². The molecule has 1 atom stereocenters. The summed E-state index contributed by atoms with van der Waals surface area (Å²) in [6, 6.07) is 16.3. The van der Waals surface area contributed by atoms with E-state index in [4.69, 9.17) is 0 Å². The zero-order chi connectivity index (χ0) is 14.2. The van der Waals surface area contributed by atoms with Crippen molar-refractivity contribution in [2.75, 3.05) is 0 Å². The lowest BCUT2D eigenvalue weighted by molar-refractivity contribution is 0.660. The molecule has 0 saturated heterocycles. The van der Waals surface area contributed by atoms with E-state index in [2.05, 4.69) is 29.2 Å². The van der Waals surface area contributed by atoms with Crippen molar-refractivity contribution in [3.05, 3.63) is 70.6 Å². The smallest absolute Gasteiger partial charge is 0.269 e. The van der Waals surface area contributed by atoms with Crippen LogP contribution in [0.2, 0.25) is 0 Å². The standard InChI is InChI=1S/C17H14N2OS/c20-17-10-18-14-6-2-3-7-15(14)19(17)11-13-9-12-5-1-4-8-16(12)21-13/h1-8,10,13H,9,11H2. The lowest BCUT2D eigenvalue weighted by Crippen LogP contribution is -2.25. The van der Waals surface area contributed by atoms with Gasteiger partial charge in [0.2, 0.25) is 0 Å². The topological polar surface area (TPSA) is 34.9 Å². The molecule has 0 spiro atoms. The van der Waals surface area contributed by atoms with Crippen LogP contribution in [-0.4, -0.2) is 14.8 Å². The molecule has 21 heavy (non-hydrogen) atoms. The molecule has 0 saturated carbocycles. The second-order valence-electron chi connectivity index (χ2n) is 5.25. The Hall–Kier alpha value is -2.07. The summed E-state index contributed by atoms with van der Waals surface area (Å²) in [4.78, 5) is 17.7. The fraction of sp³-hybridized carbons (Fsp3) is 0.176. The number of benzene rings is 2. The van der Waals surface area contributed by atoms with Crippen LogP contribution in [0.15, 0.2) is 64.4 Å². The molecule has 0 amide bonds. The predicted octanol–water partition coefficient (Wildman–Crippen LogP) is 3.11. The molecule has 0 fully saturated rings. The van der Waals surface area contributed by atoms with E-state index in [9.17, 15) is 4.79 Å². The summed E-state index contributed by atoms with van der Waals surface area (Å²) in [6.45, 7) is 0.723. The molecule has 4 heteroatoms. The van der Waals surface area contributed by atoms with E-state index in [1.165, 1.54) is 16.7 Å². The third-order valence-electron chi connectivity index (χ3n) is 3.85. The van der Waals surface area contributed by atoms with E-state index in [-0.39, 0.29) is 5.56 Å². The number of aromatic nitrogens is 2. The quantitative estimate of drug-likeness (QED) is 0.728. The largest absolute Gasteiger partial charge is 0.304 e. The molecule has 0 bridgehead atoms. The van der Waals surface area contributed by atoms with Crippen LogP contribution in [0, 0.1) is 0 Å². The summed E-state index contributed by atoms with van der Waals surface area (Å²) in [5.41, 5.74) is 3.16. The van der Waals surface area contributed by atoms with Gasteiger partial charge in [0.1, 0.15) is 0 Å². The molecule has 0 radical (unpaired) electrons. The van der Waals surface area contributed by atoms with Gasteiger partial charge in [-0.2, -0.15) is 0 Å². The van der Waals surface area contributed by atoms with E-state index in [1.54, 1.807) is 0 Å². The molecular formula is C17H14N2OS. The van der Waals surface area contributed by atoms with Gasteiger partial charge in [-0.25, -0.2) is 4.98 Å². The Morgan fingerprint density at radius 3 is 2.86 bits per heavy atom. The van der Waals surface area contributed by atoms with Gasteiger partial charge in [0.05, 0.1) is 17.2 Å². The maximum atomic E-state index is 12.2. The minimum Gasteiger partial charge on any atom is -0.304 e. The predicted molar refractivity (Wildman–Crippen MR) is 85.8 cm³/mol. The van der Waals surface area contributed by atoms with Crippen molar-refractivity contribution < 1.29 is 0 Å². The normalized spacial score (nSPS) is 17.0. The number of hydrogen-bond donors (Lipinski definition) is 0. The first kappa shape index (κ1) is 12.7. The Bertz CT molecular complexity index is 847. The minimum absolute atomic E-state index is 0.0229. The van der Waals surface area contributed by atoms with E-state index in [0.717, 1.165) is 24.0 Å². The van der Waals surface area contributed by atoms with Crippen molar-refractivity contribution in [2.24, 2.45) is 0 Å². The number of hydrogen-bond acceptors (Lipinski definition) is 3. The maximum Gasteiger partial charge on any atom is 0.269 e. The maximum absolute atomic E-state index is 12.2. The zero-order valence-corrected chi connectivity index (χ0v) is 12.2. The Labute approximate surface area is 126 Å². The number of rotatable bonds is 2. The fourth-order valence-corrected chi connectivity index (χ4v) is 4.17. The van der Waals surface area contributed by atoms with Gasteiger partial charge < -0.3 is 4.57 Å². The molecule has 3 aromatic rings. The number of nitrogens with zero attached hydrogens (tertiary/aromatic N) is 2. The van der Waals surface area contributed by atoms with Gasteiger partial charge >= 0.3 is 0 Å². The summed E-state index contributed by atoms with van der Waals surface area (Å²) in [5.74, 6) is 0. The molecule has 0 N–H and O–H groups in total. The van der Waals surface area contributed by atoms with Gasteiger partial charge in [-0.05, 0) is 30.2 Å². The van der Waals surface area contributed by atoms with Gasteiger partial charge in [-0.15, -0.1) is 11.8 Å². The van der Waals surface area contributed by atoms with Crippen LogP contribution in [0.5, 0.6) is 0 Å². The van der Waals surface area contributed by atoms with Crippen LogP contribution in [0.25, 0.3) is 11.0 Å².